The van der Waals surface area contributed by atoms with Crippen LogP contribution < -0.4 is 15.4 Å². The molecule has 0 fully saturated rings. The molecule has 0 aliphatic carbocycles. The van der Waals surface area contributed by atoms with Gasteiger partial charge in [-0.2, -0.15) is 0 Å². The fourth-order valence-corrected chi connectivity index (χ4v) is 4.14. The number of nitrogens with one attached hydrogen (secondary N) is 2. The summed E-state index contributed by atoms with van der Waals surface area (Å²) in [6.45, 7) is 0.421. The monoisotopic (exact) mass is 475 g/mol. The van der Waals surface area contributed by atoms with Crippen LogP contribution in [-0.2, 0) is 18.3 Å². The molecule has 2 amide bonds. The molecular formula is C25H25N5O3S. The van der Waals surface area contributed by atoms with Crippen molar-refractivity contribution in [3.63, 3.8) is 0 Å². The summed E-state index contributed by atoms with van der Waals surface area (Å²) in [6.07, 6.45) is 0.523. The molecule has 0 aliphatic heterocycles. The van der Waals surface area contributed by atoms with E-state index in [-0.39, 0.29) is 17.6 Å². The maximum atomic E-state index is 12.4. The van der Waals surface area contributed by atoms with Crippen LogP contribution in [-0.4, -0.2) is 46.0 Å². The van der Waals surface area contributed by atoms with Gasteiger partial charge >= 0.3 is 0 Å². The Labute approximate surface area is 201 Å². The third-order valence-electron chi connectivity index (χ3n) is 5.28. The first-order valence-corrected chi connectivity index (χ1v) is 11.7. The highest BCUT2D eigenvalue weighted by molar-refractivity contribution is 7.99. The van der Waals surface area contributed by atoms with Crippen LogP contribution in [0.5, 0.6) is 5.75 Å². The Balaban J connectivity index is 1.25. The summed E-state index contributed by atoms with van der Waals surface area (Å²) in [5, 5.41) is 17.0. The number of methoxy groups -OCH3 is 1. The molecule has 8 nitrogen and oxygen atoms in total. The first-order chi connectivity index (χ1) is 16.5. The zero-order chi connectivity index (χ0) is 23.9. The summed E-state index contributed by atoms with van der Waals surface area (Å²) in [6, 6.07) is 20.8. The topological polar surface area (TPSA) is 98.1 Å². The van der Waals surface area contributed by atoms with Crippen molar-refractivity contribution in [1.82, 2.24) is 20.1 Å². The van der Waals surface area contributed by atoms with Crippen molar-refractivity contribution in [3.05, 3.63) is 78.1 Å². The van der Waals surface area contributed by atoms with Crippen LogP contribution in [0.1, 0.15) is 16.2 Å². The van der Waals surface area contributed by atoms with E-state index in [1.807, 2.05) is 54.1 Å². The van der Waals surface area contributed by atoms with Crippen LogP contribution in [0.25, 0.3) is 10.8 Å². The predicted molar refractivity (Wildman–Crippen MR) is 133 cm³/mol. The number of fused-ring (bicyclic) bond motifs is 1. The summed E-state index contributed by atoms with van der Waals surface area (Å²) >= 11 is 1.32. The first-order valence-electron chi connectivity index (χ1n) is 10.8. The number of hydrogen-bond donors (Lipinski definition) is 2. The Kier molecular flexibility index (Phi) is 7.44. The maximum absolute atomic E-state index is 12.4. The number of aromatic nitrogens is 3. The highest BCUT2D eigenvalue weighted by Crippen LogP contribution is 2.20. The van der Waals surface area contributed by atoms with Crippen LogP contribution in [0.3, 0.4) is 0 Å². The van der Waals surface area contributed by atoms with Gasteiger partial charge in [0.15, 0.2) is 5.16 Å². The second kappa shape index (κ2) is 10.8. The molecule has 0 aliphatic rings. The zero-order valence-corrected chi connectivity index (χ0v) is 19.8. The molecule has 0 saturated carbocycles. The van der Waals surface area contributed by atoms with Gasteiger partial charge in [-0.1, -0.05) is 42.1 Å². The van der Waals surface area contributed by atoms with Crippen LogP contribution in [0.15, 0.2) is 71.9 Å². The molecule has 3 aromatic carbocycles. The smallest absolute Gasteiger partial charge is 0.251 e. The largest absolute Gasteiger partial charge is 0.497 e. The van der Waals surface area contributed by atoms with Gasteiger partial charge in [0.2, 0.25) is 5.91 Å². The number of hydrogen-bond acceptors (Lipinski definition) is 6. The molecule has 0 bridgehead atoms. The molecule has 1 heterocycles. The van der Waals surface area contributed by atoms with Gasteiger partial charge in [-0.3, -0.25) is 9.59 Å². The lowest BCUT2D eigenvalue weighted by Gasteiger charge is -2.08. The minimum absolute atomic E-state index is 0.114. The van der Waals surface area contributed by atoms with E-state index in [4.69, 9.17) is 4.74 Å². The number of carbonyl (C=O) groups is 2. The molecule has 0 radical (unpaired) electrons. The molecule has 4 rings (SSSR count). The SMILES string of the molecule is COc1ccc(C(=O)NCCc2nnc(SCC(=O)Nc3ccc4ccccc4c3)n2C)cc1. The van der Waals surface area contributed by atoms with Crippen LogP contribution in [0.2, 0.25) is 0 Å². The van der Waals surface area contributed by atoms with Crippen molar-refractivity contribution < 1.29 is 14.3 Å². The number of ether oxygens (including phenoxy) is 1. The van der Waals surface area contributed by atoms with Crippen molar-refractivity contribution >= 4 is 40.0 Å². The van der Waals surface area contributed by atoms with Gasteiger partial charge in [0, 0.05) is 31.3 Å². The van der Waals surface area contributed by atoms with Crippen molar-refractivity contribution in [2.45, 2.75) is 11.6 Å². The fraction of sp³-hybridized carbons (Fsp3) is 0.200. The minimum atomic E-state index is -0.162. The second-order valence-electron chi connectivity index (χ2n) is 7.59. The number of carbonyl (C=O) groups excluding carboxylic acids is 2. The van der Waals surface area contributed by atoms with Gasteiger partial charge in [0.1, 0.15) is 11.6 Å². The highest BCUT2D eigenvalue weighted by atomic mass is 32.2. The van der Waals surface area contributed by atoms with Crippen molar-refractivity contribution in [1.29, 1.82) is 0 Å². The normalized spacial score (nSPS) is 10.8. The molecule has 0 unspecified atom stereocenters. The summed E-state index contributed by atoms with van der Waals surface area (Å²) in [7, 11) is 3.43. The molecule has 0 spiro atoms. The van der Waals surface area contributed by atoms with E-state index in [1.54, 1.807) is 31.4 Å². The Bertz CT molecular complexity index is 1300. The van der Waals surface area contributed by atoms with E-state index >= 15 is 0 Å². The Hall–Kier alpha value is -3.85. The predicted octanol–water partition coefficient (Wildman–Crippen LogP) is 3.68. The summed E-state index contributed by atoms with van der Waals surface area (Å²) in [5.74, 6) is 1.37. The minimum Gasteiger partial charge on any atom is -0.497 e. The number of thioether (sulfide) groups is 1. The van der Waals surface area contributed by atoms with E-state index in [9.17, 15) is 9.59 Å². The molecular weight excluding hydrogens is 450 g/mol. The second-order valence-corrected chi connectivity index (χ2v) is 8.53. The van der Waals surface area contributed by atoms with Gasteiger partial charge in [-0.15, -0.1) is 10.2 Å². The van der Waals surface area contributed by atoms with Crippen LogP contribution >= 0.6 is 11.8 Å². The number of benzene rings is 3. The average molecular weight is 476 g/mol. The highest BCUT2D eigenvalue weighted by Gasteiger charge is 2.13. The number of nitrogens with zero attached hydrogens (tertiary/aromatic N) is 3. The van der Waals surface area contributed by atoms with E-state index in [2.05, 4.69) is 20.8 Å². The molecule has 2 N–H and O–H groups in total. The lowest BCUT2D eigenvalue weighted by Crippen LogP contribution is -2.26. The number of amides is 2. The quantitative estimate of drug-likeness (QED) is 0.359. The van der Waals surface area contributed by atoms with Gasteiger partial charge in [-0.25, -0.2) is 0 Å². The van der Waals surface area contributed by atoms with Gasteiger partial charge in [-0.05, 0) is 47.2 Å². The summed E-state index contributed by atoms with van der Waals surface area (Å²) < 4.78 is 6.95. The summed E-state index contributed by atoms with van der Waals surface area (Å²) in [4.78, 5) is 24.7. The first kappa shape index (κ1) is 23.3. The van der Waals surface area contributed by atoms with Gasteiger partial charge in [0.05, 0.1) is 12.9 Å². The molecule has 4 aromatic rings. The van der Waals surface area contributed by atoms with Crippen molar-refractivity contribution in [3.8, 4) is 5.75 Å². The third kappa shape index (κ3) is 5.74. The zero-order valence-electron chi connectivity index (χ0n) is 18.9. The fourth-order valence-electron chi connectivity index (χ4n) is 3.41. The molecule has 9 heteroatoms. The standard InChI is InChI=1S/C25H25N5O3S/c1-30-22(13-14-26-24(32)18-8-11-21(33-2)12-9-18)28-29-25(30)34-16-23(31)27-20-10-7-17-5-3-4-6-19(17)15-20/h3-12,15H,13-14,16H2,1-2H3,(H,26,32)(H,27,31). The van der Waals surface area contributed by atoms with Crippen molar-refractivity contribution in [2.75, 3.05) is 24.7 Å². The number of anilines is 1. The molecule has 0 atom stereocenters. The van der Waals surface area contributed by atoms with Gasteiger partial charge < -0.3 is 19.9 Å². The van der Waals surface area contributed by atoms with Crippen molar-refractivity contribution in [2.24, 2.45) is 7.05 Å². The summed E-state index contributed by atoms with van der Waals surface area (Å²) in [5.41, 5.74) is 1.32. The molecule has 1 aromatic heterocycles. The van der Waals surface area contributed by atoms with E-state index < -0.39 is 0 Å². The Morgan fingerprint density at radius 2 is 1.76 bits per heavy atom. The van der Waals surface area contributed by atoms with E-state index in [1.165, 1.54) is 11.8 Å². The molecule has 0 saturated heterocycles. The average Bonchev–Trinajstić information content (AvgIpc) is 3.21. The Morgan fingerprint density at radius 1 is 1.00 bits per heavy atom. The lowest BCUT2D eigenvalue weighted by atomic mass is 10.1. The lowest BCUT2D eigenvalue weighted by molar-refractivity contribution is -0.113. The van der Waals surface area contributed by atoms with E-state index in [0.717, 1.165) is 22.3 Å². The Morgan fingerprint density at radius 3 is 2.53 bits per heavy atom. The number of rotatable bonds is 9. The maximum Gasteiger partial charge on any atom is 0.251 e. The van der Waals surface area contributed by atoms with Crippen LogP contribution in [0.4, 0.5) is 5.69 Å². The molecule has 34 heavy (non-hydrogen) atoms. The van der Waals surface area contributed by atoms with E-state index in [0.29, 0.717) is 29.4 Å². The van der Waals surface area contributed by atoms with Crippen LogP contribution in [0, 0.1) is 0 Å². The third-order valence-corrected chi connectivity index (χ3v) is 6.30. The molecule has 174 valence electrons. The van der Waals surface area contributed by atoms with Gasteiger partial charge in [0.25, 0.3) is 5.91 Å².